The van der Waals surface area contributed by atoms with E-state index in [2.05, 4.69) is 5.32 Å². The fourth-order valence-corrected chi connectivity index (χ4v) is 1.35. The van der Waals surface area contributed by atoms with Gasteiger partial charge in [0.2, 0.25) is 0 Å². The molecule has 6 heteroatoms. The van der Waals surface area contributed by atoms with E-state index in [1.807, 2.05) is 5.32 Å². The molecule has 0 fully saturated rings. The first-order valence-corrected chi connectivity index (χ1v) is 4.47. The van der Waals surface area contributed by atoms with E-state index in [-0.39, 0.29) is 18.1 Å². The lowest BCUT2D eigenvalue weighted by molar-refractivity contribution is -0.118. The van der Waals surface area contributed by atoms with Gasteiger partial charge in [-0.15, -0.1) is 0 Å². The normalized spacial score (nSPS) is 12.8. The van der Waals surface area contributed by atoms with Gasteiger partial charge in [-0.05, 0) is 18.2 Å². The first kappa shape index (κ1) is 9.98. The van der Waals surface area contributed by atoms with Gasteiger partial charge in [0.15, 0.2) is 12.8 Å². The number of hydrogen-bond acceptors (Lipinski definition) is 4. The average Bonchev–Trinajstić information content (AvgIpc) is 2.28. The van der Waals surface area contributed by atoms with Crippen LogP contribution in [0.4, 0.5) is 5.69 Å². The zero-order valence-electron chi connectivity index (χ0n) is 8.11. The summed E-state index contributed by atoms with van der Waals surface area (Å²) in [6, 6.07) is 4.54. The Hall–Kier alpha value is -2.55. The number of amides is 2. The van der Waals surface area contributed by atoms with E-state index in [0.29, 0.717) is 11.4 Å². The maximum atomic E-state index is 11.3. The van der Waals surface area contributed by atoms with Gasteiger partial charge in [-0.1, -0.05) is 0 Å². The summed E-state index contributed by atoms with van der Waals surface area (Å²) in [5.74, 6) is -0.288. The number of nitrogens with one attached hydrogen (secondary N) is 2. The first-order valence-electron chi connectivity index (χ1n) is 4.47. The maximum Gasteiger partial charge on any atom is 0.264 e. The lowest BCUT2D eigenvalue weighted by Crippen LogP contribution is -2.26. The lowest BCUT2D eigenvalue weighted by atomic mass is 10.1. The fraction of sp³-hybridized carbons (Fsp3) is 0.100. The molecular formula is C10H7N3O3. The number of nitriles is 1. The van der Waals surface area contributed by atoms with Crippen LogP contribution >= 0.6 is 0 Å². The fourth-order valence-electron chi connectivity index (χ4n) is 1.35. The number of hydrogen-bond donors (Lipinski definition) is 2. The lowest BCUT2D eigenvalue weighted by Gasteiger charge is -2.17. The van der Waals surface area contributed by atoms with E-state index in [4.69, 9.17) is 10.00 Å². The Morgan fingerprint density at radius 1 is 1.56 bits per heavy atom. The van der Waals surface area contributed by atoms with E-state index < -0.39 is 5.91 Å². The highest BCUT2D eigenvalue weighted by molar-refractivity contribution is 6.00. The second-order valence-corrected chi connectivity index (χ2v) is 3.11. The molecule has 80 valence electrons. The maximum absolute atomic E-state index is 11.3. The number of rotatable bonds is 1. The molecule has 0 unspecified atom stereocenters. The Morgan fingerprint density at radius 2 is 2.38 bits per heavy atom. The van der Waals surface area contributed by atoms with Crippen LogP contribution in [-0.4, -0.2) is 18.4 Å². The van der Waals surface area contributed by atoms with Gasteiger partial charge in [-0.3, -0.25) is 14.9 Å². The van der Waals surface area contributed by atoms with Crippen molar-refractivity contribution in [3.8, 4) is 11.9 Å². The zero-order valence-corrected chi connectivity index (χ0v) is 8.11. The number of anilines is 1. The van der Waals surface area contributed by atoms with Crippen LogP contribution in [0.2, 0.25) is 0 Å². The molecule has 6 nitrogen and oxygen atoms in total. The van der Waals surface area contributed by atoms with Crippen molar-refractivity contribution in [2.24, 2.45) is 0 Å². The summed E-state index contributed by atoms with van der Waals surface area (Å²) in [4.78, 5) is 22.4. The molecule has 0 bridgehead atoms. The molecule has 0 radical (unpaired) electrons. The van der Waals surface area contributed by atoms with E-state index in [0.717, 1.165) is 0 Å². The zero-order chi connectivity index (χ0) is 11.5. The molecule has 0 aliphatic carbocycles. The average molecular weight is 217 g/mol. The van der Waals surface area contributed by atoms with Gasteiger partial charge in [0.1, 0.15) is 5.75 Å². The highest BCUT2D eigenvalue weighted by atomic mass is 16.5. The largest absolute Gasteiger partial charge is 0.482 e. The molecule has 0 atom stereocenters. The molecule has 1 aliphatic heterocycles. The molecule has 0 saturated carbocycles. The topological polar surface area (TPSA) is 91.2 Å². The predicted molar refractivity (Wildman–Crippen MR) is 53.6 cm³/mol. The summed E-state index contributed by atoms with van der Waals surface area (Å²) < 4.78 is 5.12. The first-order chi connectivity index (χ1) is 7.70. The monoisotopic (exact) mass is 217 g/mol. The van der Waals surface area contributed by atoms with Gasteiger partial charge in [0.25, 0.3) is 11.8 Å². The van der Waals surface area contributed by atoms with Crippen LogP contribution in [0.3, 0.4) is 0 Å². The molecule has 0 aromatic heterocycles. The highest BCUT2D eigenvalue weighted by Crippen LogP contribution is 2.28. The van der Waals surface area contributed by atoms with Gasteiger partial charge in [0.05, 0.1) is 5.69 Å². The third-order valence-corrected chi connectivity index (χ3v) is 2.04. The Balaban J connectivity index is 2.32. The van der Waals surface area contributed by atoms with E-state index in [1.165, 1.54) is 18.3 Å². The smallest absolute Gasteiger partial charge is 0.264 e. The number of ether oxygens (including phenoxy) is 1. The molecular weight excluding hydrogens is 210 g/mol. The van der Waals surface area contributed by atoms with E-state index >= 15 is 0 Å². The van der Waals surface area contributed by atoms with E-state index in [9.17, 15) is 9.59 Å². The minimum atomic E-state index is -0.523. The van der Waals surface area contributed by atoms with Crippen LogP contribution in [0.15, 0.2) is 18.2 Å². The highest BCUT2D eigenvalue weighted by Gasteiger charge is 2.17. The summed E-state index contributed by atoms with van der Waals surface area (Å²) in [6.45, 7) is -0.0310. The van der Waals surface area contributed by atoms with Crippen LogP contribution in [0.25, 0.3) is 0 Å². The minimum absolute atomic E-state index is 0.0310. The SMILES string of the molecule is N#CNC(=O)c1ccc2c(c1)NC(=O)CO2. The van der Waals surface area contributed by atoms with Crippen LogP contribution in [0, 0.1) is 11.5 Å². The molecule has 0 saturated heterocycles. The molecule has 0 spiro atoms. The molecule has 2 N–H and O–H groups in total. The molecule has 1 heterocycles. The second-order valence-electron chi connectivity index (χ2n) is 3.11. The van der Waals surface area contributed by atoms with Crippen molar-refractivity contribution < 1.29 is 14.3 Å². The predicted octanol–water partition coefficient (Wildman–Crippen LogP) is 0.228. The summed E-state index contributed by atoms with van der Waals surface area (Å²) in [7, 11) is 0. The van der Waals surface area contributed by atoms with Crippen molar-refractivity contribution in [3.05, 3.63) is 23.8 Å². The Labute approximate surface area is 90.8 Å². The summed E-state index contributed by atoms with van der Waals surface area (Å²) in [5, 5.41) is 12.9. The number of benzene rings is 1. The number of fused-ring (bicyclic) bond motifs is 1. The Kier molecular flexibility index (Phi) is 2.44. The van der Waals surface area contributed by atoms with Gasteiger partial charge in [-0.25, -0.2) is 0 Å². The van der Waals surface area contributed by atoms with Crippen LogP contribution < -0.4 is 15.4 Å². The van der Waals surface area contributed by atoms with Crippen molar-refractivity contribution in [1.82, 2.24) is 5.32 Å². The third-order valence-electron chi connectivity index (χ3n) is 2.04. The quantitative estimate of drug-likeness (QED) is 0.520. The number of nitrogens with zero attached hydrogens (tertiary/aromatic N) is 1. The second kappa shape index (κ2) is 3.90. The molecule has 1 aromatic carbocycles. The summed E-state index contributed by atoms with van der Waals surface area (Å²) >= 11 is 0. The standard InChI is InChI=1S/C10H7N3O3/c11-5-12-10(15)6-1-2-8-7(3-6)13-9(14)4-16-8/h1-3H,4H2,(H,12,15)(H,13,14). The molecule has 16 heavy (non-hydrogen) atoms. The van der Waals surface area contributed by atoms with Crippen molar-refractivity contribution in [3.63, 3.8) is 0 Å². The van der Waals surface area contributed by atoms with Gasteiger partial charge < -0.3 is 10.1 Å². The van der Waals surface area contributed by atoms with Crippen molar-refractivity contribution in [2.75, 3.05) is 11.9 Å². The van der Waals surface area contributed by atoms with Crippen molar-refractivity contribution >= 4 is 17.5 Å². The molecule has 1 aromatic rings. The molecule has 2 rings (SSSR count). The Morgan fingerprint density at radius 3 is 3.12 bits per heavy atom. The van der Waals surface area contributed by atoms with Gasteiger partial charge in [-0.2, -0.15) is 5.26 Å². The minimum Gasteiger partial charge on any atom is -0.482 e. The van der Waals surface area contributed by atoms with Crippen molar-refractivity contribution in [2.45, 2.75) is 0 Å². The number of carbonyl (C=O) groups excluding carboxylic acids is 2. The Bertz CT molecular complexity index is 505. The molecule has 1 aliphatic rings. The van der Waals surface area contributed by atoms with Gasteiger partial charge in [0, 0.05) is 5.56 Å². The van der Waals surface area contributed by atoms with Crippen molar-refractivity contribution in [1.29, 1.82) is 5.26 Å². The van der Waals surface area contributed by atoms with E-state index in [1.54, 1.807) is 6.07 Å². The van der Waals surface area contributed by atoms with Gasteiger partial charge >= 0.3 is 0 Å². The molecule has 2 amide bonds. The number of carbonyl (C=O) groups is 2. The third kappa shape index (κ3) is 1.79. The van der Waals surface area contributed by atoms with Crippen LogP contribution in [0.5, 0.6) is 5.75 Å². The summed E-state index contributed by atoms with van der Waals surface area (Å²) in [5.41, 5.74) is 0.716. The van der Waals surface area contributed by atoms with Crippen LogP contribution in [0.1, 0.15) is 10.4 Å². The van der Waals surface area contributed by atoms with Crippen LogP contribution in [-0.2, 0) is 4.79 Å². The summed E-state index contributed by atoms with van der Waals surface area (Å²) in [6.07, 6.45) is 1.54.